The van der Waals surface area contributed by atoms with Gasteiger partial charge in [-0.3, -0.25) is 0 Å². The van der Waals surface area contributed by atoms with Gasteiger partial charge in [0, 0.05) is 12.6 Å². The van der Waals surface area contributed by atoms with Crippen LogP contribution in [0.5, 0.6) is 0 Å². The van der Waals surface area contributed by atoms with Crippen LogP contribution in [0, 0.1) is 16.4 Å². The number of halogens is 2. The van der Waals surface area contributed by atoms with E-state index in [1.807, 2.05) is 0 Å². The van der Waals surface area contributed by atoms with E-state index in [1.165, 1.54) is 12.1 Å². The van der Waals surface area contributed by atoms with Gasteiger partial charge in [0.1, 0.15) is 11.6 Å². The number of aromatic amines is 1. The van der Waals surface area contributed by atoms with Crippen molar-refractivity contribution < 1.29 is 8.78 Å². The van der Waals surface area contributed by atoms with Gasteiger partial charge in [-0.2, -0.15) is 5.21 Å². The van der Waals surface area contributed by atoms with Gasteiger partial charge < -0.3 is 0 Å². The molecule has 0 aliphatic carbocycles. The van der Waals surface area contributed by atoms with Crippen LogP contribution < -0.4 is 0 Å². The lowest BCUT2D eigenvalue weighted by molar-refractivity contribution is 0.547. The summed E-state index contributed by atoms with van der Waals surface area (Å²) in [5.41, 5.74) is 0.626. The van der Waals surface area contributed by atoms with Crippen LogP contribution in [0.4, 0.5) is 8.78 Å². The summed E-state index contributed by atoms with van der Waals surface area (Å²) >= 11 is 4.90. The second kappa shape index (κ2) is 5.13. The largest absolute Gasteiger partial charge is 0.242 e. The van der Waals surface area contributed by atoms with Crippen molar-refractivity contribution in [1.29, 1.82) is 0 Å². The first-order valence-electron chi connectivity index (χ1n) is 5.08. The van der Waals surface area contributed by atoms with Crippen molar-refractivity contribution in [3.8, 4) is 0 Å². The van der Waals surface area contributed by atoms with Gasteiger partial charge >= 0.3 is 0 Å². The molecular weight excluding hydrogens is 246 g/mol. The summed E-state index contributed by atoms with van der Waals surface area (Å²) in [4.78, 5) is 0. The third-order valence-electron chi connectivity index (χ3n) is 2.30. The molecule has 1 aromatic heterocycles. The summed E-state index contributed by atoms with van der Waals surface area (Å²) in [6.07, 6.45) is 1.26. The fourth-order valence-electron chi connectivity index (χ4n) is 1.56. The number of hydrogen-bond acceptors (Lipinski definition) is 3. The molecule has 0 saturated carbocycles. The SMILES string of the molecule is Fc1cc(F)cc(CCCn2[nH]nnc2=S)c1. The van der Waals surface area contributed by atoms with Crippen molar-refractivity contribution in [2.45, 2.75) is 19.4 Å². The van der Waals surface area contributed by atoms with Crippen molar-refractivity contribution in [3.05, 3.63) is 40.2 Å². The molecule has 17 heavy (non-hydrogen) atoms. The van der Waals surface area contributed by atoms with Gasteiger partial charge in [0.05, 0.1) is 0 Å². The number of tetrazole rings is 1. The Morgan fingerprint density at radius 2 is 1.94 bits per heavy atom. The van der Waals surface area contributed by atoms with Gasteiger partial charge in [0.25, 0.3) is 0 Å². The lowest BCUT2D eigenvalue weighted by atomic mass is 10.1. The monoisotopic (exact) mass is 256 g/mol. The van der Waals surface area contributed by atoms with Crippen LogP contribution in [-0.2, 0) is 13.0 Å². The molecule has 1 N–H and O–H groups in total. The molecular formula is C10H10F2N4S. The Labute approximate surface area is 101 Å². The maximum Gasteiger partial charge on any atom is 0.238 e. The first-order valence-corrected chi connectivity index (χ1v) is 5.49. The average Bonchev–Trinajstić information content (AvgIpc) is 2.63. The molecule has 0 aliphatic heterocycles. The van der Waals surface area contributed by atoms with Gasteiger partial charge in [0.15, 0.2) is 0 Å². The minimum Gasteiger partial charge on any atom is -0.242 e. The summed E-state index contributed by atoms with van der Waals surface area (Å²) in [7, 11) is 0. The van der Waals surface area contributed by atoms with Crippen LogP contribution in [0.2, 0.25) is 0 Å². The summed E-state index contributed by atoms with van der Waals surface area (Å²) < 4.78 is 27.8. The zero-order valence-electron chi connectivity index (χ0n) is 8.86. The lowest BCUT2D eigenvalue weighted by Gasteiger charge is -2.02. The van der Waals surface area contributed by atoms with Crippen LogP contribution in [0.15, 0.2) is 18.2 Å². The first kappa shape index (κ1) is 11.8. The highest BCUT2D eigenvalue weighted by atomic mass is 32.1. The van der Waals surface area contributed by atoms with E-state index in [0.717, 1.165) is 6.07 Å². The van der Waals surface area contributed by atoms with Crippen molar-refractivity contribution in [2.75, 3.05) is 0 Å². The molecule has 0 amide bonds. The van der Waals surface area contributed by atoms with Crippen LogP contribution in [-0.4, -0.2) is 20.2 Å². The molecule has 7 heteroatoms. The molecule has 1 aromatic carbocycles. The number of nitrogens with zero attached hydrogens (tertiary/aromatic N) is 3. The van der Waals surface area contributed by atoms with Crippen LogP contribution >= 0.6 is 12.2 Å². The number of hydrogen-bond donors (Lipinski definition) is 1. The highest BCUT2D eigenvalue weighted by Crippen LogP contribution is 2.10. The van der Waals surface area contributed by atoms with Gasteiger partial charge in [0.2, 0.25) is 4.77 Å². The van der Waals surface area contributed by atoms with E-state index in [1.54, 1.807) is 4.68 Å². The Balaban J connectivity index is 1.94. The highest BCUT2D eigenvalue weighted by molar-refractivity contribution is 7.71. The summed E-state index contributed by atoms with van der Waals surface area (Å²) in [6.45, 7) is 0.587. The molecule has 2 rings (SSSR count). The molecule has 0 radical (unpaired) electrons. The van der Waals surface area contributed by atoms with Gasteiger partial charge in [-0.1, -0.05) is 10.3 Å². The Kier molecular flexibility index (Phi) is 3.58. The number of aromatic nitrogens is 4. The Bertz CT molecular complexity index is 543. The predicted molar refractivity (Wildman–Crippen MR) is 59.9 cm³/mol. The summed E-state index contributed by atoms with van der Waals surface area (Å²) in [6, 6.07) is 3.51. The van der Waals surface area contributed by atoms with Crippen LogP contribution in [0.25, 0.3) is 0 Å². The molecule has 0 atom stereocenters. The van der Waals surface area contributed by atoms with Crippen molar-refractivity contribution >= 4 is 12.2 Å². The lowest BCUT2D eigenvalue weighted by Crippen LogP contribution is -2.02. The topological polar surface area (TPSA) is 46.5 Å². The second-order valence-corrected chi connectivity index (χ2v) is 3.98. The number of rotatable bonds is 4. The standard InChI is InChI=1S/C10H10F2N4S/c11-8-4-7(5-9(12)6-8)2-1-3-16-10(17)13-14-15-16/h4-6H,1-3H2,(H,13,15,17). The number of nitrogens with one attached hydrogen (secondary N) is 1. The van der Waals surface area contributed by atoms with Crippen LogP contribution in [0.1, 0.15) is 12.0 Å². The van der Waals surface area contributed by atoms with Crippen LogP contribution in [0.3, 0.4) is 0 Å². The summed E-state index contributed by atoms with van der Waals surface area (Å²) in [5, 5.41) is 9.78. The van der Waals surface area contributed by atoms with E-state index in [4.69, 9.17) is 12.2 Å². The molecule has 0 aliphatic rings. The first-order chi connectivity index (χ1) is 8.15. The van der Waals surface area contributed by atoms with E-state index in [2.05, 4.69) is 15.5 Å². The van der Waals surface area contributed by atoms with E-state index < -0.39 is 11.6 Å². The third kappa shape index (κ3) is 3.16. The van der Waals surface area contributed by atoms with Gasteiger partial charge in [-0.05, 0) is 42.8 Å². The molecule has 0 saturated heterocycles. The maximum atomic E-state index is 12.9. The Morgan fingerprint density at radius 1 is 1.24 bits per heavy atom. The highest BCUT2D eigenvalue weighted by Gasteiger charge is 2.01. The molecule has 90 valence electrons. The van der Waals surface area contributed by atoms with Gasteiger partial charge in [-0.15, -0.1) is 0 Å². The zero-order chi connectivity index (χ0) is 12.3. The van der Waals surface area contributed by atoms with E-state index in [0.29, 0.717) is 29.7 Å². The molecule has 1 heterocycles. The van der Waals surface area contributed by atoms with E-state index in [-0.39, 0.29) is 0 Å². The minimum atomic E-state index is -0.556. The predicted octanol–water partition coefficient (Wildman–Crippen LogP) is 2.25. The minimum absolute atomic E-state index is 0.371. The second-order valence-electron chi connectivity index (χ2n) is 3.62. The van der Waals surface area contributed by atoms with Crippen molar-refractivity contribution in [1.82, 2.24) is 20.2 Å². The number of benzene rings is 1. The molecule has 4 nitrogen and oxygen atoms in total. The normalized spacial score (nSPS) is 10.7. The van der Waals surface area contributed by atoms with Crippen molar-refractivity contribution in [3.63, 3.8) is 0 Å². The Hall–Kier alpha value is -1.63. The smallest absolute Gasteiger partial charge is 0.238 e. The van der Waals surface area contributed by atoms with E-state index in [9.17, 15) is 8.78 Å². The summed E-state index contributed by atoms with van der Waals surface area (Å²) in [5.74, 6) is -1.11. The van der Waals surface area contributed by atoms with Crippen molar-refractivity contribution in [2.24, 2.45) is 0 Å². The fraction of sp³-hybridized carbons (Fsp3) is 0.300. The van der Waals surface area contributed by atoms with E-state index >= 15 is 0 Å². The Morgan fingerprint density at radius 3 is 2.53 bits per heavy atom. The maximum absolute atomic E-state index is 12.9. The third-order valence-corrected chi connectivity index (χ3v) is 2.60. The molecule has 0 fully saturated rings. The fourth-order valence-corrected chi connectivity index (χ4v) is 1.73. The quantitative estimate of drug-likeness (QED) is 0.853. The zero-order valence-corrected chi connectivity index (χ0v) is 9.68. The molecule has 2 aromatic rings. The van der Waals surface area contributed by atoms with Gasteiger partial charge in [-0.25, -0.2) is 13.5 Å². The average molecular weight is 256 g/mol. The molecule has 0 bridgehead atoms. The number of H-pyrrole nitrogens is 1. The molecule has 0 spiro atoms. The molecule has 0 unspecified atom stereocenters. The number of aryl methyl sites for hydroxylation is 2.